The number of allylic oxidation sites excluding steroid dienone is 5. The molecule has 0 rings (SSSR count). The normalized spacial score (nSPS) is 11.5. The second-order valence-corrected chi connectivity index (χ2v) is 3.56. The van der Waals surface area contributed by atoms with Gasteiger partial charge in [-0.25, -0.2) is 0 Å². The van der Waals surface area contributed by atoms with Crippen LogP contribution in [0.1, 0.15) is 51.9 Å². The molecule has 14 heavy (non-hydrogen) atoms. The van der Waals surface area contributed by atoms with Crippen LogP contribution in [0.4, 0.5) is 0 Å². The van der Waals surface area contributed by atoms with E-state index in [9.17, 15) is 0 Å². The van der Waals surface area contributed by atoms with Gasteiger partial charge in [0.1, 0.15) is 0 Å². The molecule has 0 heterocycles. The number of hydrogen-bond acceptors (Lipinski definition) is 0. The van der Waals surface area contributed by atoms with Gasteiger partial charge in [0.05, 0.1) is 0 Å². The van der Waals surface area contributed by atoms with Gasteiger partial charge in [-0.15, -0.1) is 0 Å². The van der Waals surface area contributed by atoms with Gasteiger partial charge in [0.25, 0.3) is 0 Å². The maximum Gasteiger partial charge on any atom is -0.0348 e. The molecule has 0 bridgehead atoms. The Labute approximate surface area is 89.4 Å². The molecule has 0 N–H and O–H groups in total. The molecule has 0 aromatic rings. The van der Waals surface area contributed by atoms with E-state index in [1.54, 1.807) is 0 Å². The van der Waals surface area contributed by atoms with Crippen molar-refractivity contribution in [1.82, 2.24) is 0 Å². The summed E-state index contributed by atoms with van der Waals surface area (Å²) in [7, 11) is 0. The zero-order chi connectivity index (χ0) is 10.5. The lowest BCUT2D eigenvalue weighted by Gasteiger charge is -1.93. The molecule has 0 heteroatoms. The Bertz CT molecular complexity index is 163. The molecule has 0 aromatic carbocycles. The fraction of sp³-hybridized carbons (Fsp3) is 0.571. The molecule has 0 amide bonds. The van der Waals surface area contributed by atoms with Crippen LogP contribution in [0.2, 0.25) is 0 Å². The molecule has 0 fully saturated rings. The molecule has 0 nitrogen and oxygen atoms in total. The van der Waals surface area contributed by atoms with Gasteiger partial charge >= 0.3 is 0 Å². The Morgan fingerprint density at radius 1 is 0.857 bits per heavy atom. The van der Waals surface area contributed by atoms with Crippen LogP contribution in [0.3, 0.4) is 0 Å². The lowest BCUT2D eigenvalue weighted by molar-refractivity contribution is 0.756. The summed E-state index contributed by atoms with van der Waals surface area (Å²) in [4.78, 5) is 0. The Hall–Kier alpha value is -0.780. The van der Waals surface area contributed by atoms with E-state index in [1.807, 2.05) is 12.2 Å². The number of unbranched alkanes of at least 4 members (excludes halogenated alkanes) is 5. The van der Waals surface area contributed by atoms with Gasteiger partial charge in [-0.3, -0.25) is 0 Å². The van der Waals surface area contributed by atoms with Gasteiger partial charge in [-0.2, -0.15) is 0 Å². The Morgan fingerprint density at radius 2 is 1.43 bits per heavy atom. The van der Waals surface area contributed by atoms with E-state index < -0.39 is 0 Å². The summed E-state index contributed by atoms with van der Waals surface area (Å²) in [5.74, 6) is 0. The first-order valence-corrected chi connectivity index (χ1v) is 5.84. The van der Waals surface area contributed by atoms with E-state index >= 15 is 0 Å². The molecule has 0 saturated heterocycles. The maximum atomic E-state index is 3.64. The molecule has 0 aromatic heterocycles. The molecular weight excluding hydrogens is 168 g/mol. The fourth-order valence-corrected chi connectivity index (χ4v) is 1.27. The van der Waals surface area contributed by atoms with Crippen molar-refractivity contribution in [1.29, 1.82) is 0 Å². The minimum absolute atomic E-state index is 1.19. The van der Waals surface area contributed by atoms with Crippen molar-refractivity contribution in [3.8, 4) is 0 Å². The van der Waals surface area contributed by atoms with Gasteiger partial charge in [-0.05, 0) is 32.1 Å². The van der Waals surface area contributed by atoms with Crippen molar-refractivity contribution in [2.75, 3.05) is 0 Å². The zero-order valence-corrected chi connectivity index (χ0v) is 9.54. The summed E-state index contributed by atoms with van der Waals surface area (Å²) < 4.78 is 0. The molecule has 0 aliphatic rings. The highest BCUT2D eigenvalue weighted by molar-refractivity contribution is 4.96. The average Bonchev–Trinajstić information content (AvgIpc) is 2.21. The number of hydrogen-bond donors (Lipinski definition) is 0. The van der Waals surface area contributed by atoms with Crippen LogP contribution < -0.4 is 0 Å². The molecule has 0 aliphatic carbocycles. The van der Waals surface area contributed by atoms with Gasteiger partial charge in [0, 0.05) is 0 Å². The third-order valence-electron chi connectivity index (χ3n) is 2.15. The summed E-state index contributed by atoms with van der Waals surface area (Å²) in [5, 5.41) is 0. The first kappa shape index (κ1) is 13.2. The maximum absolute atomic E-state index is 3.64. The SMILES string of the molecule is C=CC=CCCCCC=CCCCC. The molecule has 0 spiro atoms. The Morgan fingerprint density at radius 3 is 2.00 bits per heavy atom. The van der Waals surface area contributed by atoms with Crippen LogP contribution in [0.15, 0.2) is 37.0 Å². The Kier molecular flexibility index (Phi) is 11.5. The van der Waals surface area contributed by atoms with Crippen molar-refractivity contribution in [3.63, 3.8) is 0 Å². The fourth-order valence-electron chi connectivity index (χ4n) is 1.27. The van der Waals surface area contributed by atoms with Crippen LogP contribution in [0.25, 0.3) is 0 Å². The summed E-state index contributed by atoms with van der Waals surface area (Å²) in [5.41, 5.74) is 0. The third-order valence-corrected chi connectivity index (χ3v) is 2.15. The van der Waals surface area contributed by atoms with Gasteiger partial charge in [0.15, 0.2) is 0 Å². The highest BCUT2D eigenvalue weighted by atomic mass is 13.9. The van der Waals surface area contributed by atoms with Crippen LogP contribution in [-0.2, 0) is 0 Å². The highest BCUT2D eigenvalue weighted by Crippen LogP contribution is 2.03. The quantitative estimate of drug-likeness (QED) is 0.273. The molecule has 0 radical (unpaired) electrons. The van der Waals surface area contributed by atoms with E-state index in [2.05, 4.69) is 31.7 Å². The van der Waals surface area contributed by atoms with Crippen molar-refractivity contribution in [2.45, 2.75) is 51.9 Å². The van der Waals surface area contributed by atoms with E-state index in [-0.39, 0.29) is 0 Å². The topological polar surface area (TPSA) is 0 Å². The lowest BCUT2D eigenvalue weighted by atomic mass is 10.1. The van der Waals surface area contributed by atoms with Crippen molar-refractivity contribution in [3.05, 3.63) is 37.0 Å². The highest BCUT2D eigenvalue weighted by Gasteiger charge is 1.83. The largest absolute Gasteiger partial charge is 0.0991 e. The minimum atomic E-state index is 1.19. The van der Waals surface area contributed by atoms with Crippen molar-refractivity contribution < 1.29 is 0 Å². The van der Waals surface area contributed by atoms with E-state index in [1.165, 1.54) is 44.9 Å². The van der Waals surface area contributed by atoms with Crippen molar-refractivity contribution in [2.24, 2.45) is 0 Å². The van der Waals surface area contributed by atoms with E-state index in [4.69, 9.17) is 0 Å². The molecule has 80 valence electrons. The van der Waals surface area contributed by atoms with E-state index in [0.717, 1.165) is 0 Å². The van der Waals surface area contributed by atoms with Crippen LogP contribution in [0, 0.1) is 0 Å². The Balaban J connectivity index is 3.08. The van der Waals surface area contributed by atoms with Gasteiger partial charge in [-0.1, -0.05) is 56.7 Å². The molecule has 0 saturated carbocycles. The summed E-state index contributed by atoms with van der Waals surface area (Å²) in [6.07, 6.45) is 19.6. The van der Waals surface area contributed by atoms with Crippen LogP contribution >= 0.6 is 0 Å². The van der Waals surface area contributed by atoms with Crippen LogP contribution in [-0.4, -0.2) is 0 Å². The minimum Gasteiger partial charge on any atom is -0.0991 e. The first-order chi connectivity index (χ1) is 6.91. The van der Waals surface area contributed by atoms with Gasteiger partial charge in [0.2, 0.25) is 0 Å². The van der Waals surface area contributed by atoms with Gasteiger partial charge < -0.3 is 0 Å². The second-order valence-electron chi connectivity index (χ2n) is 3.56. The number of rotatable bonds is 9. The summed E-state index contributed by atoms with van der Waals surface area (Å²) >= 11 is 0. The summed E-state index contributed by atoms with van der Waals surface area (Å²) in [6, 6.07) is 0. The average molecular weight is 192 g/mol. The molecule has 0 atom stereocenters. The molecule has 0 aliphatic heterocycles. The first-order valence-electron chi connectivity index (χ1n) is 5.84. The summed E-state index contributed by atoms with van der Waals surface area (Å²) in [6.45, 7) is 5.87. The van der Waals surface area contributed by atoms with Crippen LogP contribution in [0.5, 0.6) is 0 Å². The molecule has 0 unspecified atom stereocenters. The second kappa shape index (κ2) is 12.2. The molecular formula is C14H24. The zero-order valence-electron chi connectivity index (χ0n) is 9.54. The standard InChI is InChI=1S/C14H24/c1-3-5-7-9-11-13-14-12-10-8-6-4-2/h3,5,7,10,12H,1,4,6,8-9,11,13-14H2,2H3. The lowest BCUT2D eigenvalue weighted by Crippen LogP contribution is -1.73. The monoisotopic (exact) mass is 192 g/mol. The smallest absolute Gasteiger partial charge is 0.0348 e. The predicted octanol–water partition coefficient (Wildman–Crippen LogP) is 5.04. The third kappa shape index (κ3) is 11.2. The van der Waals surface area contributed by atoms with E-state index in [0.29, 0.717) is 0 Å². The van der Waals surface area contributed by atoms with Crippen molar-refractivity contribution >= 4 is 0 Å². The predicted molar refractivity (Wildman–Crippen MR) is 66.5 cm³/mol.